The number of hydrogen-bond acceptors (Lipinski definition) is 3. The van der Waals surface area contributed by atoms with Crippen molar-refractivity contribution in [3.63, 3.8) is 0 Å². The fourth-order valence-electron chi connectivity index (χ4n) is 3.18. The summed E-state index contributed by atoms with van der Waals surface area (Å²) in [6.07, 6.45) is 4.17. The first-order valence-electron chi connectivity index (χ1n) is 7.76. The zero-order valence-corrected chi connectivity index (χ0v) is 13.1. The number of rotatable bonds is 4. The average molecular weight is 294 g/mol. The highest BCUT2D eigenvalue weighted by molar-refractivity contribution is 5.74. The van der Waals surface area contributed by atoms with Crippen molar-refractivity contribution in [2.24, 2.45) is 5.92 Å². The topological polar surface area (TPSA) is 74.5 Å². The number of carbonyl (C=O) groups is 1. The third-order valence-corrected chi connectivity index (χ3v) is 4.35. The number of aryl methyl sites for hydroxylation is 2. The number of aliphatic hydroxyl groups excluding tert-OH is 1. The van der Waals surface area contributed by atoms with Gasteiger partial charge in [-0.25, -0.2) is 4.79 Å². The average Bonchev–Trinajstić information content (AvgIpc) is 2.78. The van der Waals surface area contributed by atoms with Gasteiger partial charge >= 0.3 is 6.03 Å². The van der Waals surface area contributed by atoms with Crippen molar-refractivity contribution in [3.8, 4) is 0 Å². The summed E-state index contributed by atoms with van der Waals surface area (Å²) in [5, 5.41) is 15.3. The quantitative estimate of drug-likeness (QED) is 0.799. The van der Waals surface area contributed by atoms with E-state index in [1.165, 1.54) is 0 Å². The Hall–Kier alpha value is -1.49. The van der Waals surface area contributed by atoms with Crippen LogP contribution in [0, 0.1) is 19.8 Å². The second kappa shape index (κ2) is 6.98. The van der Waals surface area contributed by atoms with E-state index in [0.29, 0.717) is 0 Å². The van der Waals surface area contributed by atoms with Gasteiger partial charge in [-0.1, -0.05) is 12.8 Å². The van der Waals surface area contributed by atoms with Crippen LogP contribution in [-0.2, 0) is 0 Å². The Balaban J connectivity index is 1.90. The van der Waals surface area contributed by atoms with Crippen LogP contribution >= 0.6 is 0 Å². The van der Waals surface area contributed by atoms with Crippen molar-refractivity contribution in [1.82, 2.24) is 10.6 Å². The highest BCUT2D eigenvalue weighted by Gasteiger charge is 2.26. The van der Waals surface area contributed by atoms with Crippen molar-refractivity contribution in [1.29, 1.82) is 0 Å². The monoisotopic (exact) mass is 294 g/mol. The maximum Gasteiger partial charge on any atom is 0.315 e. The highest BCUT2D eigenvalue weighted by atomic mass is 16.3. The van der Waals surface area contributed by atoms with E-state index in [2.05, 4.69) is 10.6 Å². The molecule has 1 aliphatic rings. The summed E-state index contributed by atoms with van der Waals surface area (Å²) in [5.74, 6) is 1.87. The van der Waals surface area contributed by atoms with Gasteiger partial charge in [0.05, 0.1) is 6.04 Å². The van der Waals surface area contributed by atoms with E-state index in [4.69, 9.17) is 4.42 Å². The summed E-state index contributed by atoms with van der Waals surface area (Å²) in [5.41, 5.74) is 1.00. The number of hydrogen-bond donors (Lipinski definition) is 3. The number of carbonyl (C=O) groups excluding carboxylic acids is 1. The number of aliphatic hydroxyl groups is 1. The van der Waals surface area contributed by atoms with Crippen LogP contribution < -0.4 is 10.6 Å². The lowest BCUT2D eigenvalue weighted by Crippen LogP contribution is -2.48. The molecule has 1 aromatic rings. The Labute approximate surface area is 126 Å². The molecule has 0 aromatic carbocycles. The van der Waals surface area contributed by atoms with Crippen molar-refractivity contribution < 1.29 is 14.3 Å². The van der Waals surface area contributed by atoms with Gasteiger partial charge in [0.2, 0.25) is 0 Å². The SMILES string of the molecule is Cc1cc(C(C)NC(=O)NC2CCCCC2CO)c(C)o1. The predicted octanol–water partition coefficient (Wildman–Crippen LogP) is 2.81. The fraction of sp³-hybridized carbons (Fsp3) is 0.688. The summed E-state index contributed by atoms with van der Waals surface area (Å²) in [4.78, 5) is 12.1. The summed E-state index contributed by atoms with van der Waals surface area (Å²) in [6.45, 7) is 5.89. The van der Waals surface area contributed by atoms with Crippen LogP contribution in [0.3, 0.4) is 0 Å². The van der Waals surface area contributed by atoms with E-state index in [0.717, 1.165) is 42.8 Å². The second-order valence-electron chi connectivity index (χ2n) is 6.04. The van der Waals surface area contributed by atoms with Crippen LogP contribution in [0.4, 0.5) is 4.79 Å². The minimum absolute atomic E-state index is 0.0723. The summed E-state index contributed by atoms with van der Waals surface area (Å²) < 4.78 is 5.50. The van der Waals surface area contributed by atoms with Crippen LogP contribution in [0.25, 0.3) is 0 Å². The molecule has 0 aliphatic heterocycles. The van der Waals surface area contributed by atoms with Crippen molar-refractivity contribution in [2.45, 2.75) is 58.5 Å². The summed E-state index contributed by atoms with van der Waals surface area (Å²) in [6, 6.07) is 1.75. The van der Waals surface area contributed by atoms with Crippen LogP contribution in [0.15, 0.2) is 10.5 Å². The molecular weight excluding hydrogens is 268 g/mol. The fourth-order valence-corrected chi connectivity index (χ4v) is 3.18. The molecule has 1 aliphatic carbocycles. The molecule has 3 unspecified atom stereocenters. The zero-order chi connectivity index (χ0) is 15.4. The normalized spacial score (nSPS) is 23.6. The maximum absolute atomic E-state index is 12.1. The van der Waals surface area contributed by atoms with Gasteiger partial charge in [-0.15, -0.1) is 0 Å². The molecule has 5 heteroatoms. The molecule has 5 nitrogen and oxygen atoms in total. The first kappa shape index (κ1) is 15.9. The largest absolute Gasteiger partial charge is 0.466 e. The van der Waals surface area contributed by atoms with Gasteiger partial charge in [-0.2, -0.15) is 0 Å². The molecule has 21 heavy (non-hydrogen) atoms. The van der Waals surface area contributed by atoms with E-state index >= 15 is 0 Å². The molecule has 0 bridgehead atoms. The standard InChI is InChI=1S/C16H26N2O3/c1-10-8-14(12(3)21-10)11(2)17-16(20)18-15-7-5-4-6-13(15)9-19/h8,11,13,15,19H,4-7,9H2,1-3H3,(H2,17,18,20). The number of furan rings is 1. The van der Waals surface area contributed by atoms with Gasteiger partial charge in [0, 0.05) is 24.1 Å². The van der Waals surface area contributed by atoms with E-state index in [9.17, 15) is 9.90 Å². The summed E-state index contributed by atoms with van der Waals surface area (Å²) in [7, 11) is 0. The number of amides is 2. The Bertz CT molecular complexity index is 484. The molecule has 1 fully saturated rings. The molecular formula is C16H26N2O3. The molecule has 2 amide bonds. The maximum atomic E-state index is 12.1. The Kier molecular flexibility index (Phi) is 5.28. The van der Waals surface area contributed by atoms with E-state index in [1.54, 1.807) is 0 Å². The van der Waals surface area contributed by atoms with Crippen LogP contribution in [-0.4, -0.2) is 23.8 Å². The van der Waals surface area contributed by atoms with Gasteiger partial charge in [0.15, 0.2) is 0 Å². The third kappa shape index (κ3) is 4.00. The van der Waals surface area contributed by atoms with Crippen LogP contribution in [0.1, 0.15) is 55.7 Å². The number of urea groups is 1. The highest BCUT2D eigenvalue weighted by Crippen LogP contribution is 2.24. The predicted molar refractivity (Wildman–Crippen MR) is 81.1 cm³/mol. The van der Waals surface area contributed by atoms with Crippen molar-refractivity contribution in [2.75, 3.05) is 6.61 Å². The Morgan fingerprint density at radius 2 is 2.14 bits per heavy atom. The second-order valence-corrected chi connectivity index (χ2v) is 6.04. The zero-order valence-electron chi connectivity index (χ0n) is 13.1. The van der Waals surface area contributed by atoms with Gasteiger partial charge in [-0.3, -0.25) is 0 Å². The van der Waals surface area contributed by atoms with Gasteiger partial charge in [-0.05, 0) is 39.7 Å². The molecule has 1 aromatic heterocycles. The molecule has 3 atom stereocenters. The molecule has 118 valence electrons. The molecule has 0 spiro atoms. The van der Waals surface area contributed by atoms with E-state index in [-0.39, 0.29) is 30.6 Å². The Morgan fingerprint density at radius 3 is 2.76 bits per heavy atom. The van der Waals surface area contributed by atoms with E-state index < -0.39 is 0 Å². The molecule has 1 saturated carbocycles. The lowest BCUT2D eigenvalue weighted by atomic mass is 9.85. The molecule has 0 saturated heterocycles. The van der Waals surface area contributed by atoms with Crippen molar-refractivity contribution >= 4 is 6.03 Å². The lowest BCUT2D eigenvalue weighted by molar-refractivity contribution is 0.153. The van der Waals surface area contributed by atoms with Gasteiger partial charge in [0.25, 0.3) is 0 Å². The first-order chi connectivity index (χ1) is 10.0. The van der Waals surface area contributed by atoms with Gasteiger partial charge < -0.3 is 20.2 Å². The molecule has 2 rings (SSSR count). The van der Waals surface area contributed by atoms with E-state index in [1.807, 2.05) is 26.8 Å². The minimum Gasteiger partial charge on any atom is -0.466 e. The Morgan fingerprint density at radius 1 is 1.43 bits per heavy atom. The number of nitrogens with one attached hydrogen (secondary N) is 2. The minimum atomic E-state index is -0.175. The first-order valence-corrected chi connectivity index (χ1v) is 7.76. The third-order valence-electron chi connectivity index (χ3n) is 4.35. The molecule has 0 radical (unpaired) electrons. The summed E-state index contributed by atoms with van der Waals surface area (Å²) >= 11 is 0. The smallest absolute Gasteiger partial charge is 0.315 e. The lowest BCUT2D eigenvalue weighted by Gasteiger charge is -2.31. The van der Waals surface area contributed by atoms with Gasteiger partial charge in [0.1, 0.15) is 11.5 Å². The van der Waals surface area contributed by atoms with Crippen LogP contribution in [0.2, 0.25) is 0 Å². The van der Waals surface area contributed by atoms with Crippen molar-refractivity contribution in [3.05, 3.63) is 23.2 Å². The van der Waals surface area contributed by atoms with Crippen LogP contribution in [0.5, 0.6) is 0 Å². The molecule has 1 heterocycles. The molecule has 3 N–H and O–H groups in total.